The van der Waals surface area contributed by atoms with Gasteiger partial charge in [0.2, 0.25) is 5.95 Å². The molecule has 0 aliphatic rings. The molecule has 4 aromatic rings. The standard InChI is InChI=1S/C22H21N5O4/c1-11(2)13-8-15(19(29)9-18(13)28)20-25-26-21(24-22(30)31)27(20)17-6-4-5-16-14(17)7-12(3)10-23-16/h4-11,28-29H,1-3H3,(H,24,26)(H,30,31). The minimum atomic E-state index is -1.30. The predicted octanol–water partition coefficient (Wildman–Crippen LogP) is 4.42. The lowest BCUT2D eigenvalue weighted by molar-refractivity contribution is 0.209. The van der Waals surface area contributed by atoms with Gasteiger partial charge in [-0.05, 0) is 48.2 Å². The Kier molecular flexibility index (Phi) is 4.94. The van der Waals surface area contributed by atoms with Crippen LogP contribution < -0.4 is 5.32 Å². The van der Waals surface area contributed by atoms with Crippen LogP contribution in [0.5, 0.6) is 11.5 Å². The molecule has 0 fully saturated rings. The number of aryl methyl sites for hydroxylation is 1. The van der Waals surface area contributed by atoms with Crippen LogP contribution in [0.3, 0.4) is 0 Å². The maximum Gasteiger partial charge on any atom is 0.411 e. The van der Waals surface area contributed by atoms with Crippen molar-refractivity contribution >= 4 is 22.9 Å². The molecule has 9 heteroatoms. The summed E-state index contributed by atoms with van der Waals surface area (Å²) in [7, 11) is 0. The van der Waals surface area contributed by atoms with E-state index in [0.29, 0.717) is 22.3 Å². The predicted molar refractivity (Wildman–Crippen MR) is 116 cm³/mol. The molecule has 0 aliphatic carbocycles. The number of carboxylic acid groups (broad SMARTS) is 1. The molecule has 4 N–H and O–H groups in total. The molecule has 0 radical (unpaired) electrons. The van der Waals surface area contributed by atoms with Crippen molar-refractivity contribution < 1.29 is 20.1 Å². The Balaban J connectivity index is 2.05. The highest BCUT2D eigenvalue weighted by Crippen LogP contribution is 2.39. The number of amides is 1. The quantitative estimate of drug-likeness (QED) is 0.385. The first-order chi connectivity index (χ1) is 14.8. The summed E-state index contributed by atoms with van der Waals surface area (Å²) in [6, 6.07) is 10.3. The van der Waals surface area contributed by atoms with Crippen LogP contribution in [0.2, 0.25) is 0 Å². The number of hydrogen-bond donors (Lipinski definition) is 4. The molecular weight excluding hydrogens is 398 g/mol. The van der Waals surface area contributed by atoms with Gasteiger partial charge in [-0.15, -0.1) is 10.2 Å². The smallest absolute Gasteiger partial charge is 0.411 e. The molecule has 0 atom stereocenters. The van der Waals surface area contributed by atoms with Crippen molar-refractivity contribution in [1.29, 1.82) is 0 Å². The molecule has 0 saturated carbocycles. The van der Waals surface area contributed by atoms with Gasteiger partial charge in [-0.3, -0.25) is 14.9 Å². The van der Waals surface area contributed by atoms with Crippen LogP contribution in [-0.2, 0) is 0 Å². The second-order valence-electron chi connectivity index (χ2n) is 7.55. The molecule has 9 nitrogen and oxygen atoms in total. The van der Waals surface area contributed by atoms with Crippen molar-refractivity contribution in [3.63, 3.8) is 0 Å². The van der Waals surface area contributed by atoms with Gasteiger partial charge in [-0.1, -0.05) is 19.9 Å². The van der Waals surface area contributed by atoms with Crippen molar-refractivity contribution in [3.05, 3.63) is 53.7 Å². The normalized spacial score (nSPS) is 11.2. The largest absolute Gasteiger partial charge is 0.508 e. The van der Waals surface area contributed by atoms with E-state index in [2.05, 4.69) is 20.5 Å². The third-order valence-corrected chi connectivity index (χ3v) is 4.97. The number of anilines is 1. The third kappa shape index (κ3) is 3.61. The average Bonchev–Trinajstić information content (AvgIpc) is 3.09. The molecule has 2 aromatic heterocycles. The first-order valence-corrected chi connectivity index (χ1v) is 9.63. The second kappa shape index (κ2) is 7.60. The molecule has 2 aromatic carbocycles. The van der Waals surface area contributed by atoms with Gasteiger partial charge in [0, 0.05) is 17.6 Å². The second-order valence-corrected chi connectivity index (χ2v) is 7.55. The summed E-state index contributed by atoms with van der Waals surface area (Å²) in [5.74, 6) is -0.0628. The van der Waals surface area contributed by atoms with Gasteiger partial charge < -0.3 is 15.3 Å². The van der Waals surface area contributed by atoms with Gasteiger partial charge in [0.15, 0.2) is 5.82 Å². The fraction of sp³-hybridized carbons (Fsp3) is 0.182. The average molecular weight is 419 g/mol. The number of benzene rings is 2. The van der Waals surface area contributed by atoms with Gasteiger partial charge in [0.25, 0.3) is 0 Å². The lowest BCUT2D eigenvalue weighted by Crippen LogP contribution is -2.13. The van der Waals surface area contributed by atoms with Gasteiger partial charge in [-0.25, -0.2) is 4.79 Å². The summed E-state index contributed by atoms with van der Waals surface area (Å²) >= 11 is 0. The highest BCUT2D eigenvalue weighted by Gasteiger charge is 2.23. The molecule has 0 saturated heterocycles. The Labute approximate surface area is 177 Å². The van der Waals surface area contributed by atoms with E-state index in [-0.39, 0.29) is 29.2 Å². The highest BCUT2D eigenvalue weighted by molar-refractivity contribution is 5.90. The number of hydrogen-bond acceptors (Lipinski definition) is 6. The van der Waals surface area contributed by atoms with E-state index >= 15 is 0 Å². The van der Waals surface area contributed by atoms with E-state index in [1.807, 2.05) is 32.9 Å². The number of pyridine rings is 1. The van der Waals surface area contributed by atoms with Crippen molar-refractivity contribution in [2.45, 2.75) is 26.7 Å². The third-order valence-electron chi connectivity index (χ3n) is 4.97. The monoisotopic (exact) mass is 419 g/mol. The summed E-state index contributed by atoms with van der Waals surface area (Å²) < 4.78 is 1.52. The number of fused-ring (bicyclic) bond motifs is 1. The van der Waals surface area contributed by atoms with Crippen LogP contribution in [0.25, 0.3) is 28.0 Å². The van der Waals surface area contributed by atoms with Gasteiger partial charge in [0.05, 0.1) is 16.8 Å². The number of aromatic hydroxyl groups is 2. The van der Waals surface area contributed by atoms with Crippen LogP contribution in [0, 0.1) is 6.92 Å². The van der Waals surface area contributed by atoms with Gasteiger partial charge >= 0.3 is 6.09 Å². The van der Waals surface area contributed by atoms with Crippen LogP contribution in [-0.4, -0.2) is 41.2 Å². The lowest BCUT2D eigenvalue weighted by atomic mass is 9.98. The summed E-state index contributed by atoms with van der Waals surface area (Å²) in [4.78, 5) is 15.8. The molecule has 0 spiro atoms. The van der Waals surface area contributed by atoms with E-state index in [1.165, 1.54) is 10.6 Å². The zero-order valence-electron chi connectivity index (χ0n) is 17.2. The zero-order chi connectivity index (χ0) is 22.3. The summed E-state index contributed by atoms with van der Waals surface area (Å²) in [5.41, 5.74) is 3.16. The number of phenolic OH excluding ortho intramolecular Hbond substituents is 2. The summed E-state index contributed by atoms with van der Waals surface area (Å²) in [5, 5.41) is 41.3. The Bertz CT molecular complexity index is 1310. The molecule has 0 unspecified atom stereocenters. The van der Waals surface area contributed by atoms with Crippen LogP contribution >= 0.6 is 0 Å². The first-order valence-electron chi connectivity index (χ1n) is 9.63. The first kappa shape index (κ1) is 20.1. The van der Waals surface area contributed by atoms with Crippen LogP contribution in [0.4, 0.5) is 10.7 Å². The maximum atomic E-state index is 11.4. The molecular formula is C22H21N5O4. The van der Waals surface area contributed by atoms with Crippen LogP contribution in [0.1, 0.15) is 30.9 Å². The molecule has 158 valence electrons. The van der Waals surface area contributed by atoms with E-state index in [1.54, 1.807) is 24.4 Å². The maximum absolute atomic E-state index is 11.4. The molecule has 0 bridgehead atoms. The van der Waals surface area contributed by atoms with E-state index < -0.39 is 6.09 Å². The Morgan fingerprint density at radius 2 is 1.87 bits per heavy atom. The van der Waals surface area contributed by atoms with Crippen LogP contribution in [0.15, 0.2) is 42.6 Å². The van der Waals surface area contributed by atoms with Gasteiger partial charge in [-0.2, -0.15) is 0 Å². The minimum absolute atomic E-state index is 0.0169. The van der Waals surface area contributed by atoms with E-state index in [4.69, 9.17) is 0 Å². The Morgan fingerprint density at radius 1 is 1.10 bits per heavy atom. The zero-order valence-corrected chi connectivity index (χ0v) is 17.2. The number of phenols is 2. The number of carbonyl (C=O) groups is 1. The number of nitrogens with zero attached hydrogens (tertiary/aromatic N) is 4. The molecule has 2 heterocycles. The molecule has 1 amide bonds. The van der Waals surface area contributed by atoms with Crippen molar-refractivity contribution in [1.82, 2.24) is 19.7 Å². The lowest BCUT2D eigenvalue weighted by Gasteiger charge is -2.15. The molecule has 31 heavy (non-hydrogen) atoms. The van der Waals surface area contributed by atoms with Crippen molar-refractivity contribution in [3.8, 4) is 28.6 Å². The summed E-state index contributed by atoms with van der Waals surface area (Å²) in [6.45, 7) is 5.74. The fourth-order valence-electron chi connectivity index (χ4n) is 3.53. The number of rotatable bonds is 4. The van der Waals surface area contributed by atoms with Crippen molar-refractivity contribution in [2.24, 2.45) is 0 Å². The summed E-state index contributed by atoms with van der Waals surface area (Å²) in [6.07, 6.45) is 0.448. The SMILES string of the molecule is Cc1cnc2cccc(-n3c(NC(=O)O)nnc3-c3cc(C(C)C)c(O)cc3O)c2c1. The fourth-order valence-corrected chi connectivity index (χ4v) is 3.53. The van der Waals surface area contributed by atoms with E-state index in [9.17, 15) is 20.1 Å². The number of aromatic nitrogens is 4. The topological polar surface area (TPSA) is 133 Å². The Morgan fingerprint density at radius 3 is 2.58 bits per heavy atom. The van der Waals surface area contributed by atoms with Crippen molar-refractivity contribution in [2.75, 3.05) is 5.32 Å². The molecule has 4 rings (SSSR count). The highest BCUT2D eigenvalue weighted by atomic mass is 16.4. The van der Waals surface area contributed by atoms with Gasteiger partial charge in [0.1, 0.15) is 11.5 Å². The molecule has 0 aliphatic heterocycles. The minimum Gasteiger partial charge on any atom is -0.508 e. The Hall–Kier alpha value is -4.14. The number of nitrogens with one attached hydrogen (secondary N) is 1. The van der Waals surface area contributed by atoms with E-state index in [0.717, 1.165) is 10.9 Å².